The highest BCUT2D eigenvalue weighted by Gasteiger charge is 2.33. The first kappa shape index (κ1) is 21.6. The largest absolute Gasteiger partial charge is 0.494 e. The summed E-state index contributed by atoms with van der Waals surface area (Å²) in [6.07, 6.45) is 4.71. The molecule has 0 saturated heterocycles. The lowest BCUT2D eigenvalue weighted by Crippen LogP contribution is -2.03. The predicted octanol–water partition coefficient (Wildman–Crippen LogP) is 6.09. The molecule has 162 valence electrons. The molecule has 4 nitrogen and oxygen atoms in total. The van der Waals surface area contributed by atoms with Crippen LogP contribution in [0, 0.1) is 0 Å². The topological polar surface area (TPSA) is 52.6 Å². The Kier molecular flexibility index (Phi) is 6.81. The van der Waals surface area contributed by atoms with Crippen LogP contribution in [-0.4, -0.2) is 25.5 Å². The Hall–Kier alpha value is -3.66. The van der Waals surface area contributed by atoms with E-state index in [-0.39, 0.29) is 17.7 Å². The number of hydrogen-bond donors (Lipinski definition) is 0. The number of rotatable bonds is 8. The van der Waals surface area contributed by atoms with Crippen molar-refractivity contribution in [3.63, 3.8) is 0 Å². The van der Waals surface area contributed by atoms with Crippen LogP contribution < -0.4 is 4.74 Å². The van der Waals surface area contributed by atoms with E-state index in [9.17, 15) is 9.59 Å². The highest BCUT2D eigenvalue weighted by molar-refractivity contribution is 6.16. The van der Waals surface area contributed by atoms with Crippen LogP contribution in [0.4, 0.5) is 0 Å². The summed E-state index contributed by atoms with van der Waals surface area (Å²) < 4.78 is 10.6. The lowest BCUT2D eigenvalue weighted by Gasteiger charge is -2.13. The molecule has 0 radical (unpaired) electrons. The second-order valence-corrected chi connectivity index (χ2v) is 7.84. The van der Waals surface area contributed by atoms with Gasteiger partial charge in [0.25, 0.3) is 0 Å². The molecule has 4 rings (SSSR count). The fourth-order valence-corrected chi connectivity index (χ4v) is 4.14. The molecule has 1 aliphatic carbocycles. The van der Waals surface area contributed by atoms with Crippen molar-refractivity contribution in [2.45, 2.75) is 25.2 Å². The van der Waals surface area contributed by atoms with Crippen molar-refractivity contribution in [1.82, 2.24) is 0 Å². The minimum Gasteiger partial charge on any atom is -0.494 e. The Morgan fingerprint density at radius 3 is 2.38 bits per heavy atom. The number of methoxy groups -OCH3 is 1. The smallest absolute Gasteiger partial charge is 0.337 e. The number of allylic oxidation sites excluding steroid dienone is 1. The Morgan fingerprint density at radius 1 is 0.906 bits per heavy atom. The molecule has 3 aromatic carbocycles. The molecule has 0 bridgehead atoms. The molecule has 1 aliphatic rings. The minimum atomic E-state index is -0.371. The van der Waals surface area contributed by atoms with Gasteiger partial charge in [-0.05, 0) is 60.7 Å². The summed E-state index contributed by atoms with van der Waals surface area (Å²) in [5.74, 6) is 0.660. The van der Waals surface area contributed by atoms with E-state index in [4.69, 9.17) is 9.47 Å². The average molecular weight is 427 g/mol. The lowest BCUT2D eigenvalue weighted by molar-refractivity contribution is 0.0600. The van der Waals surface area contributed by atoms with E-state index < -0.39 is 0 Å². The number of hydrogen-bond acceptors (Lipinski definition) is 4. The third kappa shape index (κ3) is 4.80. The van der Waals surface area contributed by atoms with Gasteiger partial charge in [-0.15, -0.1) is 0 Å². The van der Waals surface area contributed by atoms with E-state index in [1.807, 2.05) is 66.7 Å². The van der Waals surface area contributed by atoms with Gasteiger partial charge in [-0.25, -0.2) is 4.79 Å². The first-order valence-corrected chi connectivity index (χ1v) is 10.9. The molecule has 1 unspecified atom stereocenters. The number of benzene rings is 3. The molecule has 0 heterocycles. The van der Waals surface area contributed by atoms with Gasteiger partial charge in [0.15, 0.2) is 5.78 Å². The number of fused-ring (bicyclic) bond motifs is 1. The van der Waals surface area contributed by atoms with Gasteiger partial charge in [-0.2, -0.15) is 0 Å². The zero-order valence-corrected chi connectivity index (χ0v) is 18.1. The van der Waals surface area contributed by atoms with Crippen LogP contribution in [0.1, 0.15) is 57.0 Å². The molecule has 0 amide bonds. The van der Waals surface area contributed by atoms with Crippen molar-refractivity contribution >= 4 is 17.8 Å². The Morgan fingerprint density at radius 2 is 1.62 bits per heavy atom. The van der Waals surface area contributed by atoms with Gasteiger partial charge in [0.05, 0.1) is 19.3 Å². The summed E-state index contributed by atoms with van der Waals surface area (Å²) >= 11 is 0. The molecule has 0 aliphatic heterocycles. The molecule has 0 aromatic heterocycles. The van der Waals surface area contributed by atoms with Crippen molar-refractivity contribution in [2.24, 2.45) is 0 Å². The van der Waals surface area contributed by atoms with E-state index in [1.165, 1.54) is 7.11 Å². The van der Waals surface area contributed by atoms with Crippen LogP contribution in [0.15, 0.2) is 84.4 Å². The van der Waals surface area contributed by atoms with Gasteiger partial charge in [0.2, 0.25) is 0 Å². The highest BCUT2D eigenvalue weighted by atomic mass is 16.5. The van der Waals surface area contributed by atoms with Gasteiger partial charge in [0, 0.05) is 17.1 Å². The number of carbonyl (C=O) groups excluding carboxylic acids is 2. The first-order chi connectivity index (χ1) is 15.7. The van der Waals surface area contributed by atoms with Crippen LogP contribution >= 0.6 is 0 Å². The van der Waals surface area contributed by atoms with Crippen molar-refractivity contribution in [1.29, 1.82) is 0 Å². The lowest BCUT2D eigenvalue weighted by atomic mass is 9.91. The van der Waals surface area contributed by atoms with Gasteiger partial charge < -0.3 is 9.47 Å². The number of carbonyl (C=O) groups is 2. The second kappa shape index (κ2) is 10.1. The predicted molar refractivity (Wildman–Crippen MR) is 125 cm³/mol. The molecular formula is C28H26O4. The molecule has 0 N–H and O–H groups in total. The number of esters is 1. The second-order valence-electron chi connectivity index (χ2n) is 7.84. The Balaban J connectivity index is 1.47. The molecule has 32 heavy (non-hydrogen) atoms. The Labute approximate surface area is 188 Å². The standard InChI is InChI=1S/C28H26O4/c1-31-28(30)21-16-14-20(15-17-21)19-26-24(23-11-5-6-13-25(23)27(26)29)12-7-8-18-32-22-9-3-2-4-10-22/h2-6,9-11,13-17,19,24H,7-8,12,18H2,1H3. The van der Waals surface area contributed by atoms with Crippen molar-refractivity contribution < 1.29 is 19.1 Å². The zero-order chi connectivity index (χ0) is 22.3. The maximum atomic E-state index is 13.1. The molecule has 3 aromatic rings. The zero-order valence-electron chi connectivity index (χ0n) is 18.1. The fourth-order valence-electron chi connectivity index (χ4n) is 4.14. The van der Waals surface area contributed by atoms with Gasteiger partial charge in [0.1, 0.15) is 5.75 Å². The first-order valence-electron chi connectivity index (χ1n) is 10.9. The number of para-hydroxylation sites is 1. The van der Waals surface area contributed by atoms with E-state index >= 15 is 0 Å². The summed E-state index contributed by atoms with van der Waals surface area (Å²) in [5.41, 5.74) is 4.08. The van der Waals surface area contributed by atoms with Crippen molar-refractivity contribution in [3.8, 4) is 5.75 Å². The minimum absolute atomic E-state index is 0.0655. The third-order valence-electron chi connectivity index (χ3n) is 5.77. The number of Topliss-reactive ketones (excluding diaryl/α,β-unsaturated/α-hetero) is 1. The number of unbranched alkanes of at least 4 members (excludes halogenated alkanes) is 1. The van der Waals surface area contributed by atoms with Crippen molar-refractivity contribution in [2.75, 3.05) is 13.7 Å². The summed E-state index contributed by atoms with van der Waals surface area (Å²) in [4.78, 5) is 24.8. The molecule has 1 atom stereocenters. The van der Waals surface area contributed by atoms with Crippen LogP contribution in [-0.2, 0) is 4.74 Å². The molecule has 0 saturated carbocycles. The van der Waals surface area contributed by atoms with Crippen LogP contribution in [0.25, 0.3) is 6.08 Å². The SMILES string of the molecule is COC(=O)c1ccc(C=C2C(=O)c3ccccc3C2CCCCOc2ccccc2)cc1. The number of ketones is 1. The Bertz CT molecular complexity index is 1110. The van der Waals surface area contributed by atoms with E-state index in [0.29, 0.717) is 12.2 Å². The normalized spacial score (nSPS) is 16.1. The monoisotopic (exact) mass is 426 g/mol. The molecule has 0 spiro atoms. The van der Waals surface area contributed by atoms with Crippen LogP contribution in [0.2, 0.25) is 0 Å². The summed E-state index contributed by atoms with van der Waals surface area (Å²) in [6.45, 7) is 0.653. The van der Waals surface area contributed by atoms with E-state index in [1.54, 1.807) is 12.1 Å². The van der Waals surface area contributed by atoms with Crippen LogP contribution in [0.3, 0.4) is 0 Å². The average Bonchev–Trinajstić information content (AvgIpc) is 3.10. The fraction of sp³-hybridized carbons (Fsp3) is 0.214. The third-order valence-corrected chi connectivity index (χ3v) is 5.77. The van der Waals surface area contributed by atoms with E-state index in [2.05, 4.69) is 6.07 Å². The molecular weight excluding hydrogens is 400 g/mol. The summed E-state index contributed by atoms with van der Waals surface area (Å²) in [5, 5.41) is 0. The maximum absolute atomic E-state index is 13.1. The quantitative estimate of drug-likeness (QED) is 0.249. The summed E-state index contributed by atoms with van der Waals surface area (Å²) in [7, 11) is 1.36. The van der Waals surface area contributed by atoms with Crippen LogP contribution in [0.5, 0.6) is 5.75 Å². The van der Waals surface area contributed by atoms with Gasteiger partial charge in [-0.3, -0.25) is 4.79 Å². The van der Waals surface area contributed by atoms with Crippen molar-refractivity contribution in [3.05, 3.63) is 107 Å². The molecule has 4 heteroatoms. The van der Waals surface area contributed by atoms with Gasteiger partial charge in [-0.1, -0.05) is 54.6 Å². The number of ether oxygens (including phenoxy) is 2. The van der Waals surface area contributed by atoms with E-state index in [0.717, 1.165) is 47.3 Å². The highest BCUT2D eigenvalue weighted by Crippen LogP contribution is 2.41. The maximum Gasteiger partial charge on any atom is 0.337 e. The molecule has 0 fully saturated rings. The summed E-state index contributed by atoms with van der Waals surface area (Å²) in [6, 6.07) is 24.8. The van der Waals surface area contributed by atoms with Gasteiger partial charge >= 0.3 is 5.97 Å².